The molecule has 0 spiro atoms. The molecule has 1 N–H and O–H groups in total. The van der Waals surface area contributed by atoms with Crippen molar-refractivity contribution in [2.24, 2.45) is 0 Å². The number of carbonyl (C=O) groups excluding carboxylic acids is 2. The van der Waals surface area contributed by atoms with Gasteiger partial charge in [-0.15, -0.1) is 0 Å². The van der Waals surface area contributed by atoms with E-state index in [2.05, 4.69) is 0 Å². The van der Waals surface area contributed by atoms with Crippen LogP contribution in [0.4, 0.5) is 5.69 Å². The highest BCUT2D eigenvalue weighted by atomic mass is 16.6. The smallest absolute Gasteiger partial charge is 0.338 e. The molecular weight excluding hydrogens is 304 g/mol. The van der Waals surface area contributed by atoms with Crippen molar-refractivity contribution < 1.29 is 24.4 Å². The van der Waals surface area contributed by atoms with E-state index < -0.39 is 29.0 Å². The van der Waals surface area contributed by atoms with E-state index >= 15 is 0 Å². The minimum absolute atomic E-state index is 0.105. The van der Waals surface area contributed by atoms with Crippen LogP contribution >= 0.6 is 0 Å². The van der Waals surface area contributed by atoms with Crippen molar-refractivity contribution in [1.82, 2.24) is 4.90 Å². The molecule has 0 fully saturated rings. The van der Waals surface area contributed by atoms with Gasteiger partial charge in [-0.25, -0.2) is 4.79 Å². The molecule has 1 rings (SSSR count). The number of rotatable bonds is 5. The maximum Gasteiger partial charge on any atom is 0.338 e. The Morgan fingerprint density at radius 1 is 1.35 bits per heavy atom. The highest BCUT2D eigenvalue weighted by Gasteiger charge is 2.22. The van der Waals surface area contributed by atoms with Crippen molar-refractivity contribution in [3.8, 4) is 0 Å². The fourth-order valence-electron chi connectivity index (χ4n) is 1.82. The summed E-state index contributed by atoms with van der Waals surface area (Å²) < 4.78 is 5.22. The third-order valence-electron chi connectivity index (χ3n) is 2.88. The third-order valence-corrected chi connectivity index (χ3v) is 2.88. The summed E-state index contributed by atoms with van der Waals surface area (Å²) in [5, 5.41) is 19.9. The number of hydrogen-bond acceptors (Lipinski definition) is 6. The van der Waals surface area contributed by atoms with Gasteiger partial charge in [-0.1, -0.05) is 0 Å². The number of likely N-dealkylation sites (N-methyl/N-ethyl adjacent to an activating group) is 1. The lowest BCUT2D eigenvalue weighted by molar-refractivity contribution is -0.385. The Balaban J connectivity index is 3.15. The monoisotopic (exact) mass is 324 g/mol. The van der Waals surface area contributed by atoms with Gasteiger partial charge >= 0.3 is 5.97 Å². The minimum Gasteiger partial charge on any atom is -0.456 e. The van der Waals surface area contributed by atoms with Crippen LogP contribution < -0.4 is 0 Å². The van der Waals surface area contributed by atoms with Crippen molar-refractivity contribution >= 4 is 17.6 Å². The number of hydrogen-bond donors (Lipinski definition) is 1. The van der Waals surface area contributed by atoms with Gasteiger partial charge in [0.2, 0.25) is 5.91 Å². The molecule has 1 amide bonds. The van der Waals surface area contributed by atoms with Crippen LogP contribution in [0.1, 0.15) is 36.7 Å². The number of aliphatic hydroxyl groups excluding tert-OH is 1. The zero-order valence-corrected chi connectivity index (χ0v) is 13.5. The number of nitro benzene ring substituents is 1. The van der Waals surface area contributed by atoms with Gasteiger partial charge < -0.3 is 14.7 Å². The lowest BCUT2D eigenvalue weighted by atomic mass is 10.1. The molecule has 0 atom stereocenters. The first-order chi connectivity index (χ1) is 10.5. The van der Waals surface area contributed by atoms with E-state index in [4.69, 9.17) is 9.84 Å². The molecule has 0 aromatic heterocycles. The molecule has 0 heterocycles. The summed E-state index contributed by atoms with van der Waals surface area (Å²) in [7, 11) is 1.41. The SMILES string of the molecule is CN(Cc1cc(C(=O)OC(C)(C)C)ccc1[N+](=O)[O-])C(=O)CO. The van der Waals surface area contributed by atoms with Crippen LogP contribution in [-0.2, 0) is 16.1 Å². The Kier molecular flexibility index (Phi) is 5.80. The van der Waals surface area contributed by atoms with Gasteiger partial charge in [-0.2, -0.15) is 0 Å². The van der Waals surface area contributed by atoms with E-state index in [1.165, 1.54) is 25.2 Å². The predicted octanol–water partition coefficient (Wildman–Crippen LogP) is 1.50. The van der Waals surface area contributed by atoms with Crippen LogP contribution in [-0.4, -0.2) is 46.1 Å². The van der Waals surface area contributed by atoms with Crippen molar-refractivity contribution in [3.05, 3.63) is 39.4 Å². The summed E-state index contributed by atoms with van der Waals surface area (Å²) in [4.78, 5) is 35.1. The highest BCUT2D eigenvalue weighted by Crippen LogP contribution is 2.23. The fourth-order valence-corrected chi connectivity index (χ4v) is 1.82. The molecule has 23 heavy (non-hydrogen) atoms. The topological polar surface area (TPSA) is 110 Å². The maximum absolute atomic E-state index is 12.1. The van der Waals surface area contributed by atoms with Crippen molar-refractivity contribution in [1.29, 1.82) is 0 Å². The second kappa shape index (κ2) is 7.19. The van der Waals surface area contributed by atoms with E-state index in [1.807, 2.05) is 0 Å². The molecule has 0 saturated heterocycles. The average Bonchev–Trinajstić information content (AvgIpc) is 2.44. The van der Waals surface area contributed by atoms with Gasteiger partial charge in [0.05, 0.1) is 17.0 Å². The standard InChI is InChI=1S/C15H20N2O6/c1-15(2,3)23-14(20)10-5-6-12(17(21)22)11(7-10)8-16(4)13(19)9-18/h5-7,18H,8-9H2,1-4H3. The molecule has 0 unspecified atom stereocenters. The number of carbonyl (C=O) groups is 2. The molecule has 8 nitrogen and oxygen atoms in total. The summed E-state index contributed by atoms with van der Waals surface area (Å²) >= 11 is 0. The zero-order chi connectivity index (χ0) is 17.8. The Morgan fingerprint density at radius 2 is 1.96 bits per heavy atom. The van der Waals surface area contributed by atoms with Crippen LogP contribution in [0.25, 0.3) is 0 Å². The quantitative estimate of drug-likeness (QED) is 0.499. The molecule has 1 aromatic carbocycles. The lowest BCUT2D eigenvalue weighted by Gasteiger charge is -2.20. The number of amides is 1. The van der Waals surface area contributed by atoms with Crippen LogP contribution in [0.2, 0.25) is 0 Å². The average molecular weight is 324 g/mol. The Bertz CT molecular complexity index is 621. The van der Waals surface area contributed by atoms with Crippen LogP contribution in [0, 0.1) is 10.1 Å². The first kappa shape index (κ1) is 18.6. The minimum atomic E-state index is -0.698. The van der Waals surface area contributed by atoms with Crippen molar-refractivity contribution in [2.75, 3.05) is 13.7 Å². The lowest BCUT2D eigenvalue weighted by Crippen LogP contribution is -2.29. The summed E-state index contributed by atoms with van der Waals surface area (Å²) in [5.74, 6) is -1.19. The van der Waals surface area contributed by atoms with E-state index in [9.17, 15) is 19.7 Å². The second-order valence-corrected chi connectivity index (χ2v) is 6.01. The normalized spacial score (nSPS) is 11.0. The zero-order valence-electron chi connectivity index (χ0n) is 13.5. The summed E-state index contributed by atoms with van der Waals surface area (Å²) in [6.07, 6.45) is 0. The molecule has 0 aliphatic rings. The molecule has 126 valence electrons. The van der Waals surface area contributed by atoms with E-state index in [0.717, 1.165) is 4.90 Å². The summed E-state index contributed by atoms with van der Waals surface area (Å²) in [6.45, 7) is 4.34. The number of ether oxygens (including phenoxy) is 1. The Hall–Kier alpha value is -2.48. The number of aliphatic hydroxyl groups is 1. The highest BCUT2D eigenvalue weighted by molar-refractivity contribution is 5.90. The molecule has 0 saturated carbocycles. The molecule has 1 aromatic rings. The molecular formula is C15H20N2O6. The van der Waals surface area contributed by atoms with Gasteiger partial charge in [0.25, 0.3) is 5.69 Å². The van der Waals surface area contributed by atoms with Gasteiger partial charge in [0, 0.05) is 18.7 Å². The van der Waals surface area contributed by atoms with Crippen molar-refractivity contribution in [3.63, 3.8) is 0 Å². The Morgan fingerprint density at radius 3 is 2.43 bits per heavy atom. The maximum atomic E-state index is 12.1. The van der Waals surface area contributed by atoms with E-state index in [-0.39, 0.29) is 23.4 Å². The van der Waals surface area contributed by atoms with Crippen LogP contribution in [0.3, 0.4) is 0 Å². The molecule has 0 radical (unpaired) electrons. The number of nitro groups is 1. The van der Waals surface area contributed by atoms with Gasteiger partial charge in [-0.05, 0) is 32.9 Å². The van der Waals surface area contributed by atoms with Crippen LogP contribution in [0.5, 0.6) is 0 Å². The number of esters is 1. The predicted molar refractivity (Wildman–Crippen MR) is 81.8 cm³/mol. The van der Waals surface area contributed by atoms with E-state index in [1.54, 1.807) is 20.8 Å². The number of nitrogens with zero attached hydrogens (tertiary/aromatic N) is 2. The Labute approximate surface area is 133 Å². The van der Waals surface area contributed by atoms with Gasteiger partial charge in [0.1, 0.15) is 12.2 Å². The van der Waals surface area contributed by atoms with Crippen molar-refractivity contribution in [2.45, 2.75) is 32.9 Å². The molecule has 0 aliphatic carbocycles. The summed E-state index contributed by atoms with van der Waals surface area (Å²) in [6, 6.07) is 3.84. The first-order valence-electron chi connectivity index (χ1n) is 6.90. The summed E-state index contributed by atoms with van der Waals surface area (Å²) in [5.41, 5.74) is -0.564. The molecule has 0 aliphatic heterocycles. The largest absolute Gasteiger partial charge is 0.456 e. The first-order valence-corrected chi connectivity index (χ1v) is 6.90. The third kappa shape index (κ3) is 5.33. The van der Waals surface area contributed by atoms with Gasteiger partial charge in [-0.3, -0.25) is 14.9 Å². The van der Waals surface area contributed by atoms with Crippen LogP contribution in [0.15, 0.2) is 18.2 Å². The second-order valence-electron chi connectivity index (χ2n) is 6.01. The molecule has 0 bridgehead atoms. The van der Waals surface area contributed by atoms with Gasteiger partial charge in [0.15, 0.2) is 0 Å². The molecule has 8 heteroatoms. The fraction of sp³-hybridized carbons (Fsp3) is 0.467. The number of benzene rings is 1. The van der Waals surface area contributed by atoms with E-state index in [0.29, 0.717) is 0 Å².